The molecule has 25 heavy (non-hydrogen) atoms. The molecule has 1 unspecified atom stereocenters. The zero-order valence-corrected chi connectivity index (χ0v) is 15.0. The summed E-state index contributed by atoms with van der Waals surface area (Å²) in [6.45, 7) is 3.32. The largest absolute Gasteiger partial charge is 0.381 e. The Labute approximate surface area is 150 Å². The normalized spacial score (nSPS) is 25.6. The summed E-state index contributed by atoms with van der Waals surface area (Å²) in [6, 6.07) is 8.49. The predicted molar refractivity (Wildman–Crippen MR) is 96.6 cm³/mol. The van der Waals surface area contributed by atoms with E-state index in [-0.39, 0.29) is 5.92 Å². The van der Waals surface area contributed by atoms with Crippen LogP contribution >= 0.6 is 0 Å². The molecule has 0 N–H and O–H groups in total. The second-order valence-corrected chi connectivity index (χ2v) is 7.62. The van der Waals surface area contributed by atoms with Crippen molar-refractivity contribution < 1.29 is 14.3 Å². The van der Waals surface area contributed by atoms with Crippen LogP contribution in [0.25, 0.3) is 0 Å². The van der Waals surface area contributed by atoms with Crippen LogP contribution in [0.15, 0.2) is 24.3 Å². The van der Waals surface area contributed by atoms with E-state index in [0.29, 0.717) is 18.1 Å². The molecular formula is C21H29NO3. The Kier molecular flexibility index (Phi) is 5.37. The highest BCUT2D eigenvalue weighted by atomic mass is 16.5. The van der Waals surface area contributed by atoms with Gasteiger partial charge in [-0.25, -0.2) is 0 Å². The van der Waals surface area contributed by atoms with Gasteiger partial charge in [0.2, 0.25) is 5.91 Å². The molecule has 0 aromatic heterocycles. The van der Waals surface area contributed by atoms with Gasteiger partial charge in [0, 0.05) is 26.3 Å². The van der Waals surface area contributed by atoms with Crippen molar-refractivity contribution in [3.63, 3.8) is 0 Å². The van der Waals surface area contributed by atoms with Gasteiger partial charge in [0.25, 0.3) is 0 Å². The highest BCUT2D eigenvalue weighted by molar-refractivity contribution is 5.84. The maximum atomic E-state index is 13.1. The third-order valence-electron chi connectivity index (χ3n) is 5.97. The van der Waals surface area contributed by atoms with Crippen LogP contribution in [0.2, 0.25) is 0 Å². The van der Waals surface area contributed by atoms with Crippen LogP contribution in [0.5, 0.6) is 0 Å². The molecule has 2 fully saturated rings. The number of piperidine rings is 1. The second kappa shape index (κ2) is 7.88. The van der Waals surface area contributed by atoms with Crippen molar-refractivity contribution in [1.29, 1.82) is 0 Å². The monoisotopic (exact) mass is 343 g/mol. The lowest BCUT2D eigenvalue weighted by molar-refractivity contribution is -0.137. The van der Waals surface area contributed by atoms with Crippen molar-refractivity contribution in [2.45, 2.75) is 63.1 Å². The number of benzene rings is 1. The molecule has 4 heteroatoms. The van der Waals surface area contributed by atoms with E-state index in [1.54, 1.807) is 0 Å². The molecule has 2 saturated heterocycles. The molecular weight excluding hydrogens is 314 g/mol. The first-order valence-electron chi connectivity index (χ1n) is 9.91. The first-order chi connectivity index (χ1) is 12.3. The SMILES string of the molecule is O=C(C1CCCc2ccccc21)N1CCC(OC2CCOCC2)CC1. The Morgan fingerprint density at radius 1 is 1.00 bits per heavy atom. The molecule has 4 rings (SSSR count). The van der Waals surface area contributed by atoms with Crippen LogP contribution in [0.3, 0.4) is 0 Å². The summed E-state index contributed by atoms with van der Waals surface area (Å²) >= 11 is 0. The molecule has 0 saturated carbocycles. The molecule has 1 aromatic carbocycles. The number of rotatable bonds is 3. The van der Waals surface area contributed by atoms with Gasteiger partial charge in [0.15, 0.2) is 0 Å². The minimum absolute atomic E-state index is 0.0675. The minimum atomic E-state index is 0.0675. The van der Waals surface area contributed by atoms with Gasteiger partial charge in [-0.15, -0.1) is 0 Å². The van der Waals surface area contributed by atoms with Gasteiger partial charge in [0.05, 0.1) is 18.1 Å². The number of fused-ring (bicyclic) bond motifs is 1. The van der Waals surface area contributed by atoms with E-state index < -0.39 is 0 Å². The number of ether oxygens (including phenoxy) is 2. The van der Waals surface area contributed by atoms with Crippen molar-refractivity contribution in [2.75, 3.05) is 26.3 Å². The fourth-order valence-corrected chi connectivity index (χ4v) is 4.53. The van der Waals surface area contributed by atoms with Crippen molar-refractivity contribution in [1.82, 2.24) is 4.90 Å². The third kappa shape index (κ3) is 3.90. The quantitative estimate of drug-likeness (QED) is 0.845. The van der Waals surface area contributed by atoms with Crippen LogP contribution in [0, 0.1) is 0 Å². The first kappa shape index (κ1) is 17.0. The summed E-state index contributed by atoms with van der Waals surface area (Å²) in [6.07, 6.45) is 7.86. The van der Waals surface area contributed by atoms with Gasteiger partial charge in [-0.1, -0.05) is 24.3 Å². The summed E-state index contributed by atoms with van der Waals surface area (Å²) < 4.78 is 11.6. The first-order valence-corrected chi connectivity index (χ1v) is 9.91. The highest BCUT2D eigenvalue weighted by Gasteiger charge is 2.32. The molecule has 4 nitrogen and oxygen atoms in total. The molecule has 0 spiro atoms. The number of carbonyl (C=O) groups is 1. The Hall–Kier alpha value is -1.39. The minimum Gasteiger partial charge on any atom is -0.381 e. The Morgan fingerprint density at radius 3 is 2.52 bits per heavy atom. The summed E-state index contributed by atoms with van der Waals surface area (Å²) in [4.78, 5) is 15.2. The van der Waals surface area contributed by atoms with Gasteiger partial charge in [-0.2, -0.15) is 0 Å². The Bertz CT molecular complexity index is 589. The van der Waals surface area contributed by atoms with Crippen LogP contribution < -0.4 is 0 Å². The molecule has 0 radical (unpaired) electrons. The van der Waals surface area contributed by atoms with Crippen molar-refractivity contribution in [3.05, 3.63) is 35.4 Å². The number of aryl methyl sites for hydroxylation is 1. The molecule has 1 aliphatic carbocycles. The average molecular weight is 343 g/mol. The average Bonchev–Trinajstić information content (AvgIpc) is 2.68. The molecule has 1 atom stereocenters. The van der Waals surface area contributed by atoms with Gasteiger partial charge >= 0.3 is 0 Å². The fraction of sp³-hybridized carbons (Fsp3) is 0.667. The van der Waals surface area contributed by atoms with E-state index in [0.717, 1.165) is 71.2 Å². The molecule has 136 valence electrons. The zero-order valence-electron chi connectivity index (χ0n) is 15.0. The zero-order chi connectivity index (χ0) is 17.1. The predicted octanol–water partition coefficient (Wildman–Crippen LogP) is 3.29. The van der Waals surface area contributed by atoms with Crippen molar-refractivity contribution >= 4 is 5.91 Å². The van der Waals surface area contributed by atoms with E-state index in [4.69, 9.17) is 9.47 Å². The maximum absolute atomic E-state index is 13.1. The smallest absolute Gasteiger partial charge is 0.230 e. The summed E-state index contributed by atoms with van der Waals surface area (Å²) in [5.74, 6) is 0.398. The summed E-state index contributed by atoms with van der Waals surface area (Å²) in [5.41, 5.74) is 2.63. The van der Waals surface area contributed by atoms with E-state index in [9.17, 15) is 4.79 Å². The molecule has 2 heterocycles. The fourth-order valence-electron chi connectivity index (χ4n) is 4.53. The lowest BCUT2D eigenvalue weighted by Crippen LogP contribution is -2.44. The summed E-state index contributed by atoms with van der Waals surface area (Å²) in [5, 5.41) is 0. The second-order valence-electron chi connectivity index (χ2n) is 7.62. The number of hydrogen-bond donors (Lipinski definition) is 0. The highest BCUT2D eigenvalue weighted by Crippen LogP contribution is 2.33. The Balaban J connectivity index is 1.32. The number of likely N-dealkylation sites (tertiary alicyclic amines) is 1. The van der Waals surface area contributed by atoms with Crippen LogP contribution in [-0.2, 0) is 20.7 Å². The topological polar surface area (TPSA) is 38.8 Å². The van der Waals surface area contributed by atoms with Crippen LogP contribution in [-0.4, -0.2) is 49.3 Å². The summed E-state index contributed by atoms with van der Waals surface area (Å²) in [7, 11) is 0. The molecule has 2 aliphatic heterocycles. The van der Waals surface area contributed by atoms with Gasteiger partial charge in [-0.3, -0.25) is 4.79 Å². The van der Waals surface area contributed by atoms with E-state index in [1.807, 2.05) is 0 Å². The molecule has 1 amide bonds. The van der Waals surface area contributed by atoms with Crippen molar-refractivity contribution in [2.24, 2.45) is 0 Å². The number of carbonyl (C=O) groups excluding carboxylic acids is 1. The van der Waals surface area contributed by atoms with Crippen LogP contribution in [0.4, 0.5) is 0 Å². The lowest BCUT2D eigenvalue weighted by Gasteiger charge is -2.37. The lowest BCUT2D eigenvalue weighted by atomic mass is 9.82. The Morgan fingerprint density at radius 2 is 1.72 bits per heavy atom. The number of nitrogens with zero attached hydrogens (tertiary/aromatic N) is 1. The van der Waals surface area contributed by atoms with Crippen molar-refractivity contribution in [3.8, 4) is 0 Å². The van der Waals surface area contributed by atoms with Gasteiger partial charge in [-0.05, 0) is 56.1 Å². The molecule has 3 aliphatic rings. The molecule has 1 aromatic rings. The molecule has 0 bridgehead atoms. The standard InChI is InChI=1S/C21H29NO3/c23-21(20-7-3-5-16-4-1-2-6-19(16)20)22-12-8-17(9-13-22)25-18-10-14-24-15-11-18/h1-2,4,6,17-18,20H,3,5,7-15H2. The third-order valence-corrected chi connectivity index (χ3v) is 5.97. The van der Waals surface area contributed by atoms with Gasteiger partial charge < -0.3 is 14.4 Å². The number of hydrogen-bond acceptors (Lipinski definition) is 3. The van der Waals surface area contributed by atoms with E-state index in [1.165, 1.54) is 11.1 Å². The van der Waals surface area contributed by atoms with Crippen LogP contribution in [0.1, 0.15) is 55.6 Å². The van der Waals surface area contributed by atoms with E-state index >= 15 is 0 Å². The number of amides is 1. The van der Waals surface area contributed by atoms with Gasteiger partial charge in [0.1, 0.15) is 0 Å². The maximum Gasteiger partial charge on any atom is 0.230 e. The van der Waals surface area contributed by atoms with E-state index in [2.05, 4.69) is 29.2 Å².